The third-order valence-electron chi connectivity index (χ3n) is 5.60. The number of aliphatic hydroxyl groups excluding tert-OH is 1. The first-order valence-corrected chi connectivity index (χ1v) is 9.58. The molecule has 0 spiro atoms. The largest absolute Gasteiger partial charge is 0.483 e. The number of aliphatic hydroxyl groups is 1. The van der Waals surface area contributed by atoms with Crippen LogP contribution < -0.4 is 0 Å². The Morgan fingerprint density at radius 2 is 1.90 bits per heavy atom. The molecule has 0 radical (unpaired) electrons. The van der Waals surface area contributed by atoms with E-state index in [1.54, 1.807) is 9.80 Å². The maximum atomic E-state index is 12.9. The van der Waals surface area contributed by atoms with Gasteiger partial charge in [-0.25, -0.2) is 0 Å². The van der Waals surface area contributed by atoms with Gasteiger partial charge in [0.15, 0.2) is 0 Å². The van der Waals surface area contributed by atoms with Crippen LogP contribution >= 0.6 is 0 Å². The molecule has 162 valence electrons. The number of nitrogens with zero attached hydrogens (tertiary/aromatic N) is 3. The quantitative estimate of drug-likeness (QED) is 0.583. The SMILES string of the molecule is Cc1n[nH]c(C)c1C(=O)N1C[C@H]2CN(C(=O)COC(C)C)C[C@@]2(CO)C1.O=CO. The summed E-state index contributed by atoms with van der Waals surface area (Å²) in [6, 6.07) is 0. The molecule has 2 aliphatic heterocycles. The zero-order valence-corrected chi connectivity index (χ0v) is 17.3. The van der Waals surface area contributed by atoms with Crippen molar-refractivity contribution in [3.8, 4) is 0 Å². The Hall–Kier alpha value is -2.46. The highest BCUT2D eigenvalue weighted by Crippen LogP contribution is 2.42. The first-order valence-electron chi connectivity index (χ1n) is 9.58. The van der Waals surface area contributed by atoms with Crippen LogP contribution in [0.2, 0.25) is 0 Å². The molecule has 2 aliphatic rings. The molecular formula is C19H30N4O6. The van der Waals surface area contributed by atoms with Crippen LogP contribution in [-0.2, 0) is 14.3 Å². The topological polar surface area (TPSA) is 136 Å². The Morgan fingerprint density at radius 1 is 1.31 bits per heavy atom. The lowest BCUT2D eigenvalue weighted by Crippen LogP contribution is -2.41. The highest BCUT2D eigenvalue weighted by atomic mass is 16.5. The van der Waals surface area contributed by atoms with E-state index in [1.807, 2.05) is 27.7 Å². The maximum absolute atomic E-state index is 12.9. The summed E-state index contributed by atoms with van der Waals surface area (Å²) in [7, 11) is 0. The zero-order valence-electron chi connectivity index (χ0n) is 17.3. The Balaban J connectivity index is 0.000000941. The van der Waals surface area contributed by atoms with Gasteiger partial charge in [-0.3, -0.25) is 19.5 Å². The van der Waals surface area contributed by atoms with Crippen LogP contribution in [0.25, 0.3) is 0 Å². The average Bonchev–Trinajstić information content (AvgIpc) is 3.30. The summed E-state index contributed by atoms with van der Waals surface area (Å²) >= 11 is 0. The predicted molar refractivity (Wildman–Crippen MR) is 103 cm³/mol. The van der Waals surface area contributed by atoms with E-state index in [0.29, 0.717) is 37.4 Å². The van der Waals surface area contributed by atoms with Gasteiger partial charge in [0.05, 0.1) is 24.0 Å². The molecule has 3 rings (SSSR count). The lowest BCUT2D eigenvalue weighted by Gasteiger charge is -2.27. The third-order valence-corrected chi connectivity index (χ3v) is 5.60. The van der Waals surface area contributed by atoms with Gasteiger partial charge in [-0.2, -0.15) is 5.10 Å². The van der Waals surface area contributed by atoms with E-state index in [1.165, 1.54) is 0 Å². The van der Waals surface area contributed by atoms with Gasteiger partial charge in [-0.1, -0.05) is 0 Å². The second-order valence-electron chi connectivity index (χ2n) is 7.95. The smallest absolute Gasteiger partial charge is 0.290 e. The standard InChI is InChI=1S/C18H28N4O4.CH2O2/c1-11(2)26-7-15(24)21-5-14-6-22(9-18(14,8-21)10-23)17(25)16-12(3)19-20-13(16)4;2-1-3/h11,14,23H,5-10H2,1-4H3,(H,19,20);1H,(H,2,3)/t14-,18+;/m1./s1. The minimum atomic E-state index is -0.450. The summed E-state index contributed by atoms with van der Waals surface area (Å²) in [6.45, 7) is 9.20. The molecule has 2 amide bonds. The van der Waals surface area contributed by atoms with E-state index in [4.69, 9.17) is 14.6 Å². The number of amides is 2. The molecule has 0 saturated carbocycles. The summed E-state index contributed by atoms with van der Waals surface area (Å²) in [5, 5.41) is 23.9. The molecule has 2 fully saturated rings. The van der Waals surface area contributed by atoms with E-state index in [9.17, 15) is 14.7 Å². The van der Waals surface area contributed by atoms with Crippen LogP contribution in [0.1, 0.15) is 35.6 Å². The van der Waals surface area contributed by atoms with E-state index in [-0.39, 0.29) is 43.5 Å². The number of H-pyrrole nitrogens is 1. The van der Waals surface area contributed by atoms with Gasteiger partial charge in [0, 0.05) is 43.2 Å². The molecule has 0 bridgehead atoms. The van der Waals surface area contributed by atoms with Crippen molar-refractivity contribution < 1.29 is 29.3 Å². The summed E-state index contributed by atoms with van der Waals surface area (Å²) in [6.07, 6.45) is 0.00223. The van der Waals surface area contributed by atoms with Gasteiger partial charge < -0.3 is 24.7 Å². The van der Waals surface area contributed by atoms with Gasteiger partial charge >= 0.3 is 0 Å². The van der Waals surface area contributed by atoms with Crippen molar-refractivity contribution in [1.29, 1.82) is 0 Å². The van der Waals surface area contributed by atoms with Gasteiger partial charge in [0.2, 0.25) is 5.91 Å². The van der Waals surface area contributed by atoms with Crippen LogP contribution in [-0.4, -0.2) is 94.0 Å². The molecule has 10 nitrogen and oxygen atoms in total. The summed E-state index contributed by atoms with van der Waals surface area (Å²) in [5.74, 6) is -0.0377. The lowest BCUT2D eigenvalue weighted by atomic mass is 9.82. The number of carbonyl (C=O) groups is 3. The summed E-state index contributed by atoms with van der Waals surface area (Å²) in [5.41, 5.74) is 1.60. The number of carboxylic acid groups (broad SMARTS) is 1. The molecule has 0 aliphatic carbocycles. The van der Waals surface area contributed by atoms with Crippen molar-refractivity contribution in [2.24, 2.45) is 11.3 Å². The lowest BCUT2D eigenvalue weighted by molar-refractivity contribution is -0.137. The predicted octanol–water partition coefficient (Wildman–Crippen LogP) is 0.0452. The summed E-state index contributed by atoms with van der Waals surface area (Å²) < 4.78 is 5.41. The molecule has 1 aromatic heterocycles. The van der Waals surface area contributed by atoms with Crippen LogP contribution in [0.4, 0.5) is 0 Å². The molecule has 29 heavy (non-hydrogen) atoms. The third kappa shape index (κ3) is 4.76. The van der Waals surface area contributed by atoms with Crippen molar-refractivity contribution in [3.05, 3.63) is 17.0 Å². The number of likely N-dealkylation sites (tertiary alicyclic amines) is 2. The number of nitrogens with one attached hydrogen (secondary N) is 1. The van der Waals surface area contributed by atoms with Gasteiger partial charge in [0.1, 0.15) is 6.61 Å². The number of aryl methyl sites for hydroxylation is 2. The highest BCUT2D eigenvalue weighted by molar-refractivity contribution is 5.96. The molecule has 1 aromatic rings. The molecule has 2 saturated heterocycles. The van der Waals surface area contributed by atoms with Crippen molar-refractivity contribution in [1.82, 2.24) is 20.0 Å². The van der Waals surface area contributed by atoms with Crippen LogP contribution in [0.5, 0.6) is 0 Å². The van der Waals surface area contributed by atoms with Gasteiger partial charge in [-0.15, -0.1) is 0 Å². The molecular weight excluding hydrogens is 380 g/mol. The number of rotatable bonds is 5. The van der Waals surface area contributed by atoms with Crippen molar-refractivity contribution >= 4 is 18.3 Å². The Kier molecular flexibility index (Phi) is 7.37. The number of hydrogen-bond acceptors (Lipinski definition) is 6. The molecule has 3 N–H and O–H groups in total. The normalized spacial score (nSPS) is 23.0. The number of hydrogen-bond donors (Lipinski definition) is 3. The first kappa shape index (κ1) is 22.8. The number of fused-ring (bicyclic) bond motifs is 1. The van der Waals surface area contributed by atoms with Crippen LogP contribution in [0.15, 0.2) is 0 Å². The Morgan fingerprint density at radius 3 is 2.38 bits per heavy atom. The maximum Gasteiger partial charge on any atom is 0.290 e. The monoisotopic (exact) mass is 410 g/mol. The second-order valence-corrected chi connectivity index (χ2v) is 7.95. The van der Waals surface area contributed by atoms with Crippen molar-refractivity contribution in [2.75, 3.05) is 39.4 Å². The van der Waals surface area contributed by atoms with E-state index in [2.05, 4.69) is 10.2 Å². The number of aromatic amines is 1. The number of ether oxygens (including phenoxy) is 1. The highest BCUT2D eigenvalue weighted by Gasteiger charge is 2.54. The Bertz CT molecular complexity index is 730. The number of aromatic nitrogens is 2. The first-order chi connectivity index (χ1) is 13.7. The minimum Gasteiger partial charge on any atom is -0.483 e. The molecule has 2 atom stereocenters. The average molecular weight is 410 g/mol. The van der Waals surface area contributed by atoms with Crippen LogP contribution in [0.3, 0.4) is 0 Å². The minimum absolute atomic E-state index is 0.00223. The fraction of sp³-hybridized carbons (Fsp3) is 0.684. The molecule has 10 heteroatoms. The molecule has 3 heterocycles. The number of carbonyl (C=O) groups excluding carboxylic acids is 2. The van der Waals surface area contributed by atoms with E-state index < -0.39 is 5.41 Å². The van der Waals surface area contributed by atoms with Crippen molar-refractivity contribution in [2.45, 2.75) is 33.8 Å². The fourth-order valence-corrected chi connectivity index (χ4v) is 4.10. The Labute approximate surface area is 169 Å². The summed E-state index contributed by atoms with van der Waals surface area (Å²) in [4.78, 5) is 37.2. The van der Waals surface area contributed by atoms with Gasteiger partial charge in [0.25, 0.3) is 12.4 Å². The van der Waals surface area contributed by atoms with Crippen molar-refractivity contribution in [3.63, 3.8) is 0 Å². The molecule has 0 unspecified atom stereocenters. The van der Waals surface area contributed by atoms with Crippen LogP contribution in [0, 0.1) is 25.2 Å². The second kappa shape index (κ2) is 9.36. The fourth-order valence-electron chi connectivity index (χ4n) is 4.10. The molecule has 0 aromatic carbocycles. The zero-order chi connectivity index (χ0) is 21.8. The van der Waals surface area contributed by atoms with E-state index >= 15 is 0 Å². The van der Waals surface area contributed by atoms with E-state index in [0.717, 1.165) is 5.69 Å². The van der Waals surface area contributed by atoms with Gasteiger partial charge in [-0.05, 0) is 27.7 Å².